The zero-order valence-electron chi connectivity index (χ0n) is 9.59. The molecule has 1 rings (SSSR count). The van der Waals surface area contributed by atoms with E-state index in [-0.39, 0.29) is 23.5 Å². The van der Waals surface area contributed by atoms with Gasteiger partial charge < -0.3 is 10.1 Å². The highest BCUT2D eigenvalue weighted by molar-refractivity contribution is 5.81. The van der Waals surface area contributed by atoms with Gasteiger partial charge in [-0.05, 0) is 19.8 Å². The Kier molecular flexibility index (Phi) is 3.53. The smallest absolute Gasteiger partial charge is 0.225 e. The lowest BCUT2D eigenvalue weighted by Gasteiger charge is -2.25. The first-order valence-corrected chi connectivity index (χ1v) is 5.34. The Bertz CT molecular complexity index is 202. The molecule has 2 atom stereocenters. The van der Waals surface area contributed by atoms with Crippen molar-refractivity contribution in [2.24, 2.45) is 5.41 Å². The van der Waals surface area contributed by atoms with E-state index in [1.165, 1.54) is 0 Å². The van der Waals surface area contributed by atoms with Crippen LogP contribution in [0, 0.1) is 5.41 Å². The minimum absolute atomic E-state index is 0.0977. The van der Waals surface area contributed by atoms with Crippen LogP contribution in [0.4, 0.5) is 0 Å². The molecule has 0 aromatic heterocycles. The zero-order valence-corrected chi connectivity index (χ0v) is 9.59. The molecule has 1 amide bonds. The van der Waals surface area contributed by atoms with Crippen molar-refractivity contribution in [2.75, 3.05) is 6.61 Å². The van der Waals surface area contributed by atoms with Gasteiger partial charge in [0.25, 0.3) is 0 Å². The second-order valence-electron chi connectivity index (χ2n) is 5.06. The maximum Gasteiger partial charge on any atom is 0.225 e. The molecular formula is C11H21NO2. The number of hydrogen-bond donors (Lipinski definition) is 1. The Hall–Kier alpha value is -0.570. The molecule has 3 nitrogen and oxygen atoms in total. The van der Waals surface area contributed by atoms with Crippen LogP contribution in [0.1, 0.15) is 40.5 Å². The van der Waals surface area contributed by atoms with E-state index in [1.54, 1.807) is 0 Å². The second kappa shape index (κ2) is 4.30. The van der Waals surface area contributed by atoms with Crippen LogP contribution in [0.15, 0.2) is 0 Å². The van der Waals surface area contributed by atoms with E-state index in [9.17, 15) is 4.79 Å². The molecule has 0 saturated carbocycles. The summed E-state index contributed by atoms with van der Waals surface area (Å²) in [6.07, 6.45) is 2.38. The van der Waals surface area contributed by atoms with E-state index in [1.807, 2.05) is 27.7 Å². The van der Waals surface area contributed by atoms with Gasteiger partial charge in [-0.15, -0.1) is 0 Å². The summed E-state index contributed by atoms with van der Waals surface area (Å²) in [5.74, 6) is 0.0977. The Morgan fingerprint density at radius 1 is 1.50 bits per heavy atom. The van der Waals surface area contributed by atoms with Crippen molar-refractivity contribution in [1.29, 1.82) is 0 Å². The standard InChI is InChI=1S/C11H21NO2/c1-8(9-6-5-7-14-9)12-10(13)11(2,3)4/h8-9H,5-7H2,1-4H3,(H,12,13)/t8-,9?/m0/s1. The number of rotatable bonds is 2. The molecule has 1 aliphatic heterocycles. The molecule has 0 aromatic carbocycles. The molecule has 3 heteroatoms. The number of carbonyl (C=O) groups excluding carboxylic acids is 1. The normalized spacial score (nSPS) is 24.7. The SMILES string of the molecule is C[C@H](NC(=O)C(C)(C)C)C1CCCO1. The van der Waals surface area contributed by atoms with E-state index in [0.717, 1.165) is 19.4 Å². The van der Waals surface area contributed by atoms with Crippen molar-refractivity contribution in [3.63, 3.8) is 0 Å². The summed E-state index contributed by atoms with van der Waals surface area (Å²) < 4.78 is 5.51. The molecule has 1 fully saturated rings. The van der Waals surface area contributed by atoms with Crippen LogP contribution in [0.2, 0.25) is 0 Å². The van der Waals surface area contributed by atoms with E-state index in [0.29, 0.717) is 0 Å². The van der Waals surface area contributed by atoms with E-state index < -0.39 is 0 Å². The zero-order chi connectivity index (χ0) is 10.8. The third kappa shape index (κ3) is 2.98. The van der Waals surface area contributed by atoms with Crippen molar-refractivity contribution in [1.82, 2.24) is 5.32 Å². The molecule has 0 aliphatic carbocycles. The molecule has 1 unspecified atom stereocenters. The molecule has 1 N–H and O–H groups in total. The van der Waals surface area contributed by atoms with Gasteiger partial charge >= 0.3 is 0 Å². The molecular weight excluding hydrogens is 178 g/mol. The highest BCUT2D eigenvalue weighted by Gasteiger charge is 2.27. The lowest BCUT2D eigenvalue weighted by Crippen LogP contribution is -2.45. The average Bonchev–Trinajstić information content (AvgIpc) is 2.53. The van der Waals surface area contributed by atoms with Gasteiger partial charge in [0.2, 0.25) is 5.91 Å². The Labute approximate surface area is 86.2 Å². The van der Waals surface area contributed by atoms with Crippen LogP contribution in [0.25, 0.3) is 0 Å². The van der Waals surface area contributed by atoms with Crippen molar-refractivity contribution >= 4 is 5.91 Å². The summed E-state index contributed by atoms with van der Waals surface area (Å²) in [6.45, 7) is 8.61. The highest BCUT2D eigenvalue weighted by atomic mass is 16.5. The van der Waals surface area contributed by atoms with Crippen LogP contribution in [-0.4, -0.2) is 24.7 Å². The van der Waals surface area contributed by atoms with Crippen LogP contribution in [0.5, 0.6) is 0 Å². The van der Waals surface area contributed by atoms with Crippen LogP contribution in [0.3, 0.4) is 0 Å². The Morgan fingerprint density at radius 2 is 2.14 bits per heavy atom. The Balaban J connectivity index is 2.39. The quantitative estimate of drug-likeness (QED) is 0.735. The summed E-state index contributed by atoms with van der Waals surface area (Å²) in [5, 5.41) is 3.00. The van der Waals surface area contributed by atoms with E-state index >= 15 is 0 Å². The minimum atomic E-state index is -0.313. The van der Waals surface area contributed by atoms with Gasteiger partial charge in [-0.25, -0.2) is 0 Å². The summed E-state index contributed by atoms with van der Waals surface area (Å²) in [6, 6.07) is 0.129. The predicted octanol–water partition coefficient (Wildman–Crippen LogP) is 1.72. The largest absolute Gasteiger partial charge is 0.376 e. The molecule has 82 valence electrons. The van der Waals surface area contributed by atoms with Crippen molar-refractivity contribution in [2.45, 2.75) is 52.7 Å². The summed E-state index contributed by atoms with van der Waals surface area (Å²) in [4.78, 5) is 11.7. The Morgan fingerprint density at radius 3 is 2.57 bits per heavy atom. The molecule has 0 radical (unpaired) electrons. The number of amides is 1. The molecule has 1 aliphatic rings. The van der Waals surface area contributed by atoms with Gasteiger partial charge in [0.05, 0.1) is 12.1 Å². The predicted molar refractivity (Wildman–Crippen MR) is 56.0 cm³/mol. The fraction of sp³-hybridized carbons (Fsp3) is 0.909. The van der Waals surface area contributed by atoms with Crippen molar-refractivity contribution in [3.8, 4) is 0 Å². The van der Waals surface area contributed by atoms with Gasteiger partial charge in [0.1, 0.15) is 0 Å². The van der Waals surface area contributed by atoms with Crippen molar-refractivity contribution in [3.05, 3.63) is 0 Å². The highest BCUT2D eigenvalue weighted by Crippen LogP contribution is 2.18. The molecule has 1 heterocycles. The second-order valence-corrected chi connectivity index (χ2v) is 5.06. The van der Waals surface area contributed by atoms with Crippen molar-refractivity contribution < 1.29 is 9.53 Å². The first-order chi connectivity index (χ1) is 6.41. The minimum Gasteiger partial charge on any atom is -0.376 e. The van der Waals surface area contributed by atoms with Crippen LogP contribution >= 0.6 is 0 Å². The average molecular weight is 199 g/mol. The van der Waals surface area contributed by atoms with E-state index in [2.05, 4.69) is 5.32 Å². The van der Waals surface area contributed by atoms with Gasteiger partial charge in [-0.3, -0.25) is 4.79 Å². The first-order valence-electron chi connectivity index (χ1n) is 5.34. The number of nitrogens with one attached hydrogen (secondary N) is 1. The monoisotopic (exact) mass is 199 g/mol. The summed E-state index contributed by atoms with van der Waals surface area (Å²) >= 11 is 0. The van der Waals surface area contributed by atoms with Crippen LogP contribution in [-0.2, 0) is 9.53 Å². The van der Waals surface area contributed by atoms with E-state index in [4.69, 9.17) is 4.74 Å². The van der Waals surface area contributed by atoms with Crippen LogP contribution < -0.4 is 5.32 Å². The van der Waals surface area contributed by atoms with Gasteiger partial charge in [-0.2, -0.15) is 0 Å². The lowest BCUT2D eigenvalue weighted by molar-refractivity contribution is -0.130. The summed E-state index contributed by atoms with van der Waals surface area (Å²) in [7, 11) is 0. The fourth-order valence-electron chi connectivity index (χ4n) is 1.51. The fourth-order valence-corrected chi connectivity index (χ4v) is 1.51. The first kappa shape index (κ1) is 11.5. The number of hydrogen-bond acceptors (Lipinski definition) is 2. The number of ether oxygens (including phenoxy) is 1. The third-order valence-electron chi connectivity index (χ3n) is 2.56. The van der Waals surface area contributed by atoms with Gasteiger partial charge in [0.15, 0.2) is 0 Å². The topological polar surface area (TPSA) is 38.3 Å². The number of carbonyl (C=O) groups is 1. The maximum absolute atomic E-state index is 11.7. The van der Waals surface area contributed by atoms with Gasteiger partial charge in [0, 0.05) is 12.0 Å². The lowest BCUT2D eigenvalue weighted by atomic mass is 9.95. The molecule has 0 bridgehead atoms. The summed E-state index contributed by atoms with van der Waals surface area (Å²) in [5.41, 5.74) is -0.313. The molecule has 1 saturated heterocycles. The molecule has 14 heavy (non-hydrogen) atoms. The van der Waals surface area contributed by atoms with Gasteiger partial charge in [-0.1, -0.05) is 20.8 Å². The molecule has 0 spiro atoms. The maximum atomic E-state index is 11.7. The molecule has 0 aromatic rings. The third-order valence-corrected chi connectivity index (χ3v) is 2.56.